The molecule has 90 valence electrons. The lowest BCUT2D eigenvalue weighted by Gasteiger charge is -2.12. The summed E-state index contributed by atoms with van der Waals surface area (Å²) in [4.78, 5) is 16.5. The zero-order chi connectivity index (χ0) is 12.1. The minimum atomic E-state index is 0.0480. The van der Waals surface area contributed by atoms with Gasteiger partial charge in [0.2, 0.25) is 0 Å². The van der Waals surface area contributed by atoms with Crippen molar-refractivity contribution in [3.63, 3.8) is 0 Å². The maximum atomic E-state index is 11.3. The Morgan fingerprint density at radius 3 is 2.62 bits per heavy atom. The molecule has 1 aromatic rings. The molecule has 0 aromatic carbocycles. The van der Waals surface area contributed by atoms with Crippen LogP contribution in [0.1, 0.15) is 60.1 Å². The number of ketones is 1. The molecule has 16 heavy (non-hydrogen) atoms. The van der Waals surface area contributed by atoms with Crippen molar-refractivity contribution >= 4 is 17.1 Å². The molecule has 0 aliphatic rings. The molecule has 0 spiro atoms. The average Bonchev–Trinajstić information content (AvgIpc) is 2.60. The van der Waals surface area contributed by atoms with Gasteiger partial charge in [-0.05, 0) is 20.3 Å². The van der Waals surface area contributed by atoms with E-state index in [1.54, 1.807) is 6.92 Å². The SMILES string of the molecule is CCCC(OCC)c1nc(C)c(C(C)=O)s1. The maximum absolute atomic E-state index is 11.3. The number of aromatic nitrogens is 1. The molecule has 4 heteroatoms. The largest absolute Gasteiger partial charge is 0.371 e. The van der Waals surface area contributed by atoms with Gasteiger partial charge in [0.15, 0.2) is 5.78 Å². The van der Waals surface area contributed by atoms with Gasteiger partial charge >= 0.3 is 0 Å². The van der Waals surface area contributed by atoms with Crippen LogP contribution < -0.4 is 0 Å². The number of hydrogen-bond acceptors (Lipinski definition) is 4. The predicted octanol–water partition coefficient (Wildman–Crippen LogP) is 3.53. The molecule has 0 radical (unpaired) electrons. The molecular formula is C12H19NO2S. The number of aryl methyl sites for hydroxylation is 1. The fourth-order valence-corrected chi connectivity index (χ4v) is 2.67. The monoisotopic (exact) mass is 241 g/mol. The number of Topliss-reactive ketones (excluding diaryl/α,β-unsaturated/α-hetero) is 1. The van der Waals surface area contributed by atoms with E-state index in [4.69, 9.17) is 4.74 Å². The summed E-state index contributed by atoms with van der Waals surface area (Å²) in [5.41, 5.74) is 0.827. The van der Waals surface area contributed by atoms with Gasteiger partial charge in [0, 0.05) is 13.5 Å². The van der Waals surface area contributed by atoms with Gasteiger partial charge in [0.05, 0.1) is 10.6 Å². The summed E-state index contributed by atoms with van der Waals surface area (Å²) in [6.07, 6.45) is 2.06. The van der Waals surface area contributed by atoms with Crippen LogP contribution in [-0.2, 0) is 4.74 Å². The fraction of sp³-hybridized carbons (Fsp3) is 0.667. The van der Waals surface area contributed by atoms with Crippen LogP contribution in [0.15, 0.2) is 0 Å². The van der Waals surface area contributed by atoms with Gasteiger partial charge in [-0.1, -0.05) is 13.3 Å². The lowest BCUT2D eigenvalue weighted by molar-refractivity contribution is 0.0554. The standard InChI is InChI=1S/C12H19NO2S/c1-5-7-10(15-6-2)12-13-8(3)11(16-12)9(4)14/h10H,5-7H2,1-4H3. The van der Waals surface area contributed by atoms with E-state index in [0.717, 1.165) is 28.4 Å². The minimum Gasteiger partial charge on any atom is -0.371 e. The maximum Gasteiger partial charge on any atom is 0.171 e. The van der Waals surface area contributed by atoms with Gasteiger partial charge in [-0.25, -0.2) is 4.98 Å². The first-order valence-electron chi connectivity index (χ1n) is 5.70. The smallest absolute Gasteiger partial charge is 0.171 e. The van der Waals surface area contributed by atoms with Gasteiger partial charge in [0.25, 0.3) is 0 Å². The molecule has 0 aliphatic heterocycles. The summed E-state index contributed by atoms with van der Waals surface area (Å²) in [5, 5.41) is 0.936. The van der Waals surface area contributed by atoms with E-state index in [0.29, 0.717) is 6.61 Å². The molecule has 0 aliphatic carbocycles. The minimum absolute atomic E-state index is 0.0480. The van der Waals surface area contributed by atoms with E-state index < -0.39 is 0 Å². The molecule has 3 nitrogen and oxygen atoms in total. The molecule has 0 bridgehead atoms. The summed E-state index contributed by atoms with van der Waals surface area (Å²) >= 11 is 1.47. The topological polar surface area (TPSA) is 39.2 Å². The third-order valence-corrected chi connectivity index (χ3v) is 3.68. The molecule has 1 atom stereocenters. The third-order valence-electron chi connectivity index (χ3n) is 2.33. The van der Waals surface area contributed by atoms with Crippen molar-refractivity contribution in [3.8, 4) is 0 Å². The highest BCUT2D eigenvalue weighted by Crippen LogP contribution is 2.29. The summed E-state index contributed by atoms with van der Waals surface area (Å²) in [6.45, 7) is 8.25. The summed E-state index contributed by atoms with van der Waals surface area (Å²) < 4.78 is 5.65. The van der Waals surface area contributed by atoms with Crippen molar-refractivity contribution < 1.29 is 9.53 Å². The predicted molar refractivity (Wildman–Crippen MR) is 66.1 cm³/mol. The first kappa shape index (κ1) is 13.3. The zero-order valence-corrected chi connectivity index (χ0v) is 11.2. The van der Waals surface area contributed by atoms with Crippen molar-refractivity contribution in [2.24, 2.45) is 0 Å². The summed E-state index contributed by atoms with van der Waals surface area (Å²) in [7, 11) is 0. The van der Waals surface area contributed by atoms with Crippen LogP contribution in [0.2, 0.25) is 0 Å². The highest BCUT2D eigenvalue weighted by Gasteiger charge is 2.18. The Kier molecular flexibility index (Phi) is 5.09. The first-order valence-corrected chi connectivity index (χ1v) is 6.51. The van der Waals surface area contributed by atoms with Crippen LogP contribution in [0.25, 0.3) is 0 Å². The first-order chi connectivity index (χ1) is 7.60. The second-order valence-corrected chi connectivity index (χ2v) is 4.79. The van der Waals surface area contributed by atoms with E-state index in [-0.39, 0.29) is 11.9 Å². The van der Waals surface area contributed by atoms with E-state index in [2.05, 4.69) is 11.9 Å². The second-order valence-electron chi connectivity index (χ2n) is 3.76. The number of rotatable bonds is 6. The molecule has 1 heterocycles. The van der Waals surface area contributed by atoms with Crippen molar-refractivity contribution in [1.29, 1.82) is 0 Å². The lowest BCUT2D eigenvalue weighted by Crippen LogP contribution is -2.03. The molecule has 1 unspecified atom stereocenters. The van der Waals surface area contributed by atoms with Crippen LogP contribution in [0, 0.1) is 6.92 Å². The molecule has 0 saturated heterocycles. The highest BCUT2D eigenvalue weighted by molar-refractivity contribution is 7.13. The van der Waals surface area contributed by atoms with Crippen LogP contribution in [0.4, 0.5) is 0 Å². The molecule has 0 fully saturated rings. The van der Waals surface area contributed by atoms with Crippen molar-refractivity contribution in [1.82, 2.24) is 4.98 Å². The Hall–Kier alpha value is -0.740. The summed E-state index contributed by atoms with van der Waals surface area (Å²) in [6, 6.07) is 0. The molecule has 0 amide bonds. The second kappa shape index (κ2) is 6.11. The number of thiazole rings is 1. The Morgan fingerprint density at radius 2 is 2.19 bits per heavy atom. The van der Waals surface area contributed by atoms with Gasteiger partial charge in [-0.3, -0.25) is 4.79 Å². The number of carbonyl (C=O) groups is 1. The van der Waals surface area contributed by atoms with E-state index in [1.165, 1.54) is 11.3 Å². The lowest BCUT2D eigenvalue weighted by atomic mass is 10.2. The number of nitrogens with zero attached hydrogens (tertiary/aromatic N) is 1. The molecular weight excluding hydrogens is 222 g/mol. The Bertz CT molecular complexity index is 354. The van der Waals surface area contributed by atoms with E-state index in [1.807, 2.05) is 13.8 Å². The summed E-state index contributed by atoms with van der Waals surface area (Å²) in [5.74, 6) is 0.0907. The molecule has 0 N–H and O–H groups in total. The van der Waals surface area contributed by atoms with Gasteiger partial charge in [-0.15, -0.1) is 11.3 Å². The average molecular weight is 241 g/mol. The van der Waals surface area contributed by atoms with Crippen LogP contribution in [0.3, 0.4) is 0 Å². The Balaban J connectivity index is 2.92. The molecule has 1 rings (SSSR count). The van der Waals surface area contributed by atoms with Gasteiger partial charge < -0.3 is 4.74 Å². The normalized spacial score (nSPS) is 12.8. The number of hydrogen-bond donors (Lipinski definition) is 0. The van der Waals surface area contributed by atoms with Crippen LogP contribution in [-0.4, -0.2) is 17.4 Å². The fourth-order valence-electron chi connectivity index (χ4n) is 1.62. The highest BCUT2D eigenvalue weighted by atomic mass is 32.1. The van der Waals surface area contributed by atoms with Crippen LogP contribution >= 0.6 is 11.3 Å². The molecule has 1 aromatic heterocycles. The Morgan fingerprint density at radius 1 is 1.50 bits per heavy atom. The van der Waals surface area contributed by atoms with E-state index in [9.17, 15) is 4.79 Å². The third kappa shape index (κ3) is 3.12. The number of carbonyl (C=O) groups excluding carboxylic acids is 1. The quantitative estimate of drug-likeness (QED) is 0.715. The van der Waals surface area contributed by atoms with Crippen molar-refractivity contribution in [2.75, 3.05) is 6.61 Å². The number of ether oxygens (including phenoxy) is 1. The van der Waals surface area contributed by atoms with E-state index >= 15 is 0 Å². The van der Waals surface area contributed by atoms with Gasteiger partial charge in [0.1, 0.15) is 11.1 Å². The van der Waals surface area contributed by atoms with Crippen molar-refractivity contribution in [2.45, 2.75) is 46.6 Å². The van der Waals surface area contributed by atoms with Gasteiger partial charge in [-0.2, -0.15) is 0 Å². The molecule has 0 saturated carbocycles. The Labute approximate surface area is 101 Å². The zero-order valence-electron chi connectivity index (χ0n) is 10.4. The van der Waals surface area contributed by atoms with Crippen molar-refractivity contribution in [3.05, 3.63) is 15.6 Å². The van der Waals surface area contributed by atoms with Crippen LogP contribution in [0.5, 0.6) is 0 Å².